The second-order valence-corrected chi connectivity index (χ2v) is 5.09. The molecule has 2 aromatic heterocycles. The third kappa shape index (κ3) is 4.06. The Morgan fingerprint density at radius 2 is 2.04 bits per heavy atom. The maximum atomic E-state index is 13.6. The van der Waals surface area contributed by atoms with Gasteiger partial charge in [0.1, 0.15) is 5.65 Å². The van der Waals surface area contributed by atoms with Crippen LogP contribution in [0, 0.1) is 5.82 Å². The number of imidazole rings is 1. The number of anilines is 1. The zero-order valence-electron chi connectivity index (χ0n) is 12.5. The first-order valence-electron chi connectivity index (χ1n) is 7.08. The summed E-state index contributed by atoms with van der Waals surface area (Å²) in [6.45, 7) is 0. The zero-order chi connectivity index (χ0) is 18.0. The fourth-order valence-electron chi connectivity index (χ4n) is 2.31. The van der Waals surface area contributed by atoms with Gasteiger partial charge >= 0.3 is 6.36 Å². The maximum Gasteiger partial charge on any atom is 0.573 e. The van der Waals surface area contributed by atoms with Crippen molar-refractivity contribution in [1.29, 1.82) is 0 Å². The molecule has 0 aliphatic rings. The van der Waals surface area contributed by atoms with Gasteiger partial charge in [0.2, 0.25) is 5.91 Å². The van der Waals surface area contributed by atoms with Gasteiger partial charge in [0.15, 0.2) is 11.6 Å². The molecule has 0 fully saturated rings. The van der Waals surface area contributed by atoms with Crippen LogP contribution in [0.15, 0.2) is 48.8 Å². The van der Waals surface area contributed by atoms with Gasteiger partial charge in [-0.2, -0.15) is 0 Å². The lowest BCUT2D eigenvalue weighted by Crippen LogP contribution is -2.18. The lowest BCUT2D eigenvalue weighted by molar-refractivity contribution is -0.275. The molecule has 1 amide bonds. The normalized spacial score (nSPS) is 11.5. The lowest BCUT2D eigenvalue weighted by Gasteiger charge is -2.11. The number of hydrogen-bond donors (Lipinski definition) is 1. The molecule has 0 bridgehead atoms. The van der Waals surface area contributed by atoms with E-state index < -0.39 is 23.8 Å². The molecule has 2 heterocycles. The van der Waals surface area contributed by atoms with Gasteiger partial charge in [-0.25, -0.2) is 9.37 Å². The number of carbonyl (C=O) groups excluding carboxylic acids is 1. The number of nitrogens with zero attached hydrogens (tertiary/aromatic N) is 2. The molecular formula is C16H11F4N3O2. The van der Waals surface area contributed by atoms with E-state index >= 15 is 0 Å². The second kappa shape index (κ2) is 6.42. The molecule has 9 heteroatoms. The predicted molar refractivity (Wildman–Crippen MR) is 80.6 cm³/mol. The maximum absolute atomic E-state index is 13.6. The molecule has 25 heavy (non-hydrogen) atoms. The van der Waals surface area contributed by atoms with Crippen LogP contribution in [0.5, 0.6) is 5.75 Å². The van der Waals surface area contributed by atoms with Crippen LogP contribution in [0.2, 0.25) is 0 Å². The van der Waals surface area contributed by atoms with Crippen LogP contribution in [0.4, 0.5) is 23.2 Å². The summed E-state index contributed by atoms with van der Waals surface area (Å²) in [6, 6.07) is 7.94. The topological polar surface area (TPSA) is 55.6 Å². The van der Waals surface area contributed by atoms with Crippen LogP contribution in [0.3, 0.4) is 0 Å². The SMILES string of the molecule is O=C(Cc1cccc2nccn12)Nc1ccc(OC(F)(F)F)c(F)c1. The largest absolute Gasteiger partial charge is 0.573 e. The Bertz CT molecular complexity index is 921. The van der Waals surface area contributed by atoms with Gasteiger partial charge in [-0.05, 0) is 24.3 Å². The molecule has 3 rings (SSSR count). The molecule has 0 radical (unpaired) electrons. The predicted octanol–water partition coefficient (Wildman–Crippen LogP) is 3.55. The number of nitrogens with one attached hydrogen (secondary N) is 1. The van der Waals surface area contributed by atoms with Gasteiger partial charge in [0.25, 0.3) is 0 Å². The molecular weight excluding hydrogens is 342 g/mol. The Balaban J connectivity index is 1.71. The number of ether oxygens (including phenoxy) is 1. The molecule has 0 atom stereocenters. The van der Waals surface area contributed by atoms with Crippen LogP contribution < -0.4 is 10.1 Å². The van der Waals surface area contributed by atoms with Crippen molar-refractivity contribution in [2.75, 3.05) is 5.32 Å². The smallest absolute Gasteiger partial charge is 0.403 e. The van der Waals surface area contributed by atoms with E-state index in [4.69, 9.17) is 0 Å². The number of rotatable bonds is 4. The van der Waals surface area contributed by atoms with Crippen molar-refractivity contribution >= 4 is 17.2 Å². The summed E-state index contributed by atoms with van der Waals surface area (Å²) in [6.07, 6.45) is -1.72. The number of aromatic nitrogens is 2. The summed E-state index contributed by atoms with van der Waals surface area (Å²) in [5.74, 6) is -2.65. The fourth-order valence-corrected chi connectivity index (χ4v) is 2.31. The number of amides is 1. The standard InChI is InChI=1S/C16H11F4N3O2/c17-12-8-10(4-5-13(12)25-16(18,19)20)22-15(24)9-11-2-1-3-14-21-6-7-23(11)14/h1-8H,9H2,(H,22,24). The minimum atomic E-state index is -4.99. The van der Waals surface area contributed by atoms with Crippen LogP contribution >= 0.6 is 0 Å². The monoisotopic (exact) mass is 353 g/mol. The zero-order valence-corrected chi connectivity index (χ0v) is 12.5. The third-order valence-electron chi connectivity index (χ3n) is 3.30. The molecule has 0 aliphatic carbocycles. The first-order valence-corrected chi connectivity index (χ1v) is 7.08. The minimum Gasteiger partial charge on any atom is -0.403 e. The highest BCUT2D eigenvalue weighted by Crippen LogP contribution is 2.27. The van der Waals surface area contributed by atoms with Crippen LogP contribution in [0.1, 0.15) is 5.69 Å². The van der Waals surface area contributed by atoms with Crippen LogP contribution in [-0.4, -0.2) is 21.7 Å². The fraction of sp³-hybridized carbons (Fsp3) is 0.125. The highest BCUT2D eigenvalue weighted by atomic mass is 19.4. The quantitative estimate of drug-likeness (QED) is 0.730. The van der Waals surface area contributed by atoms with Crippen LogP contribution in [-0.2, 0) is 11.2 Å². The van der Waals surface area contributed by atoms with Crippen molar-refractivity contribution < 1.29 is 27.1 Å². The summed E-state index contributed by atoms with van der Waals surface area (Å²) in [4.78, 5) is 16.2. The van der Waals surface area contributed by atoms with E-state index in [0.29, 0.717) is 11.3 Å². The highest BCUT2D eigenvalue weighted by Gasteiger charge is 2.32. The number of fused-ring (bicyclic) bond motifs is 1. The number of hydrogen-bond acceptors (Lipinski definition) is 3. The molecule has 1 N–H and O–H groups in total. The average Bonchev–Trinajstić information content (AvgIpc) is 2.98. The number of carbonyl (C=O) groups is 1. The Hall–Kier alpha value is -3.10. The first kappa shape index (κ1) is 16.7. The summed E-state index contributed by atoms with van der Waals surface area (Å²) < 4.78 is 55.2. The molecule has 5 nitrogen and oxygen atoms in total. The third-order valence-corrected chi connectivity index (χ3v) is 3.30. The lowest BCUT2D eigenvalue weighted by atomic mass is 10.2. The van der Waals surface area contributed by atoms with E-state index in [9.17, 15) is 22.4 Å². The van der Waals surface area contributed by atoms with Gasteiger partial charge in [-0.15, -0.1) is 13.2 Å². The van der Waals surface area contributed by atoms with Gasteiger partial charge in [0, 0.05) is 29.8 Å². The van der Waals surface area contributed by atoms with E-state index in [1.165, 1.54) is 0 Å². The summed E-state index contributed by atoms with van der Waals surface area (Å²) in [5, 5.41) is 2.43. The van der Waals surface area contributed by atoms with E-state index in [-0.39, 0.29) is 12.1 Å². The van der Waals surface area contributed by atoms with Gasteiger partial charge in [-0.3, -0.25) is 4.79 Å². The minimum absolute atomic E-state index is 0.0177. The van der Waals surface area contributed by atoms with E-state index in [0.717, 1.165) is 18.2 Å². The molecule has 1 aromatic carbocycles. The van der Waals surface area contributed by atoms with Crippen molar-refractivity contribution in [3.05, 3.63) is 60.3 Å². The summed E-state index contributed by atoms with van der Waals surface area (Å²) in [7, 11) is 0. The summed E-state index contributed by atoms with van der Waals surface area (Å²) >= 11 is 0. The highest BCUT2D eigenvalue weighted by molar-refractivity contribution is 5.92. The Morgan fingerprint density at radius 3 is 2.76 bits per heavy atom. The number of halogens is 4. The Morgan fingerprint density at radius 1 is 1.24 bits per heavy atom. The summed E-state index contributed by atoms with van der Waals surface area (Å²) in [5.41, 5.74) is 1.35. The molecule has 0 unspecified atom stereocenters. The Labute approximate surface area is 138 Å². The molecule has 130 valence electrons. The van der Waals surface area contributed by atoms with Gasteiger partial charge in [-0.1, -0.05) is 6.07 Å². The molecule has 0 saturated carbocycles. The van der Waals surface area contributed by atoms with E-state index in [2.05, 4.69) is 15.0 Å². The van der Waals surface area contributed by atoms with Gasteiger partial charge in [0.05, 0.1) is 6.42 Å². The second-order valence-electron chi connectivity index (χ2n) is 5.09. The van der Waals surface area contributed by atoms with Crippen molar-refractivity contribution in [3.63, 3.8) is 0 Å². The number of alkyl halides is 3. The molecule has 0 saturated heterocycles. The molecule has 0 spiro atoms. The molecule has 3 aromatic rings. The van der Waals surface area contributed by atoms with E-state index in [1.54, 1.807) is 35.0 Å². The van der Waals surface area contributed by atoms with E-state index in [1.807, 2.05) is 0 Å². The number of pyridine rings is 1. The van der Waals surface area contributed by atoms with Crippen molar-refractivity contribution in [3.8, 4) is 5.75 Å². The van der Waals surface area contributed by atoms with Gasteiger partial charge < -0.3 is 14.5 Å². The van der Waals surface area contributed by atoms with Crippen molar-refractivity contribution in [1.82, 2.24) is 9.38 Å². The molecule has 0 aliphatic heterocycles. The average molecular weight is 353 g/mol. The first-order chi connectivity index (χ1) is 11.8. The van der Waals surface area contributed by atoms with Crippen molar-refractivity contribution in [2.45, 2.75) is 12.8 Å². The van der Waals surface area contributed by atoms with Crippen molar-refractivity contribution in [2.24, 2.45) is 0 Å². The number of benzene rings is 1. The van der Waals surface area contributed by atoms with Crippen LogP contribution in [0.25, 0.3) is 5.65 Å². The Kier molecular flexibility index (Phi) is 4.30.